The van der Waals surface area contributed by atoms with E-state index in [4.69, 9.17) is 15.1 Å². The van der Waals surface area contributed by atoms with E-state index in [1.165, 1.54) is 6.92 Å². The molecule has 1 saturated heterocycles. The van der Waals surface area contributed by atoms with E-state index in [2.05, 4.69) is 11.2 Å². The van der Waals surface area contributed by atoms with Crippen LogP contribution in [0.25, 0.3) is 0 Å². The van der Waals surface area contributed by atoms with Gasteiger partial charge in [-0.3, -0.25) is 4.79 Å². The van der Waals surface area contributed by atoms with Gasteiger partial charge in [-0.2, -0.15) is 0 Å². The predicted molar refractivity (Wildman–Crippen MR) is 53.6 cm³/mol. The topological polar surface area (TPSA) is 166 Å². The fourth-order valence-corrected chi connectivity index (χ4v) is 1.49. The molecule has 0 saturated carbocycles. The Morgan fingerprint density at radius 3 is 2.24 bits per heavy atom. The molecule has 1 aliphatic rings. The zero-order valence-corrected chi connectivity index (χ0v) is 9.22. The van der Waals surface area contributed by atoms with Gasteiger partial charge in [-0.1, -0.05) is 0 Å². The summed E-state index contributed by atoms with van der Waals surface area (Å²) in [5, 5.41) is 45.9. The molecule has 1 aliphatic heterocycles. The lowest BCUT2D eigenvalue weighted by Crippen LogP contribution is -2.63. The van der Waals surface area contributed by atoms with Crippen molar-refractivity contribution in [2.75, 3.05) is 6.61 Å². The molecule has 8 N–H and O–H groups in total. The number of carbonyl (C=O) groups excluding carboxylic acids is 1. The standard InChI is InChI=1S/C8H15NO6.H3NO/c1-3(11)9-5-7(13)6(12)4(2-10)15-8(5)14;1-2/h4-8,10,12-14H,2H2,1H3,(H,9,11);2H,1H2/t4-,5-,6-,7-,8?;/m1./s1. The lowest BCUT2D eigenvalue weighted by molar-refractivity contribution is -0.253. The second-order valence-corrected chi connectivity index (χ2v) is 3.46. The summed E-state index contributed by atoms with van der Waals surface area (Å²) in [6, 6.07) is -1.10. The second-order valence-electron chi connectivity index (χ2n) is 3.46. The number of nitrogens with two attached hydrogens (primary N) is 1. The predicted octanol–water partition coefficient (Wildman–Crippen LogP) is -3.74. The van der Waals surface area contributed by atoms with Gasteiger partial charge in [-0.25, -0.2) is 5.90 Å². The molecule has 5 atom stereocenters. The number of aliphatic hydroxyl groups is 4. The molecule has 102 valence electrons. The van der Waals surface area contributed by atoms with Crippen LogP contribution in [0.3, 0.4) is 0 Å². The van der Waals surface area contributed by atoms with Gasteiger partial charge in [0.25, 0.3) is 0 Å². The van der Waals surface area contributed by atoms with Crippen LogP contribution in [0.1, 0.15) is 6.92 Å². The molecule has 0 aromatic carbocycles. The van der Waals surface area contributed by atoms with Crippen LogP contribution in [0.4, 0.5) is 0 Å². The molecular formula is C8H18N2O7. The van der Waals surface area contributed by atoms with Crippen molar-refractivity contribution in [2.24, 2.45) is 5.90 Å². The Labute approximate surface area is 97.4 Å². The minimum absolute atomic E-state index is 0.462. The van der Waals surface area contributed by atoms with Crippen molar-refractivity contribution in [1.29, 1.82) is 0 Å². The summed E-state index contributed by atoms with van der Waals surface area (Å²) in [7, 11) is 0. The van der Waals surface area contributed by atoms with Crippen molar-refractivity contribution in [1.82, 2.24) is 5.32 Å². The number of ether oxygens (including phenoxy) is 1. The van der Waals surface area contributed by atoms with Gasteiger partial charge in [0.2, 0.25) is 5.91 Å². The Morgan fingerprint density at radius 1 is 1.29 bits per heavy atom. The third-order valence-corrected chi connectivity index (χ3v) is 2.27. The molecule has 0 spiro atoms. The number of rotatable bonds is 2. The zero-order chi connectivity index (χ0) is 13.6. The fraction of sp³-hybridized carbons (Fsp3) is 0.875. The Hall–Kier alpha value is -0.810. The van der Waals surface area contributed by atoms with Gasteiger partial charge in [-0.05, 0) is 0 Å². The van der Waals surface area contributed by atoms with Crippen LogP contribution in [0.5, 0.6) is 0 Å². The molecule has 0 aromatic rings. The number of carbonyl (C=O) groups is 1. The molecule has 1 unspecified atom stereocenters. The van der Waals surface area contributed by atoms with Crippen molar-refractivity contribution < 1.29 is 35.2 Å². The lowest BCUT2D eigenvalue weighted by atomic mass is 9.97. The highest BCUT2D eigenvalue weighted by Crippen LogP contribution is 2.19. The van der Waals surface area contributed by atoms with Crippen LogP contribution >= 0.6 is 0 Å². The molecule has 0 aromatic heterocycles. The highest BCUT2D eigenvalue weighted by molar-refractivity contribution is 5.73. The van der Waals surface area contributed by atoms with Crippen LogP contribution in [-0.4, -0.2) is 68.8 Å². The molecule has 1 amide bonds. The Bertz CT molecular complexity index is 240. The Balaban J connectivity index is 0.00000121. The van der Waals surface area contributed by atoms with Crippen LogP contribution in [-0.2, 0) is 9.53 Å². The number of amides is 1. The van der Waals surface area contributed by atoms with Gasteiger partial charge < -0.3 is 35.7 Å². The van der Waals surface area contributed by atoms with Crippen molar-refractivity contribution in [3.05, 3.63) is 0 Å². The van der Waals surface area contributed by atoms with E-state index >= 15 is 0 Å². The molecule has 0 radical (unpaired) electrons. The van der Waals surface area contributed by atoms with Gasteiger partial charge in [-0.15, -0.1) is 0 Å². The number of hydrogen-bond donors (Lipinski definition) is 7. The average molecular weight is 254 g/mol. The summed E-state index contributed by atoms with van der Waals surface area (Å²) < 4.78 is 4.81. The normalized spacial score (nSPS) is 36.8. The molecule has 9 nitrogen and oxygen atoms in total. The molecule has 0 aliphatic carbocycles. The summed E-state index contributed by atoms with van der Waals surface area (Å²) in [4.78, 5) is 10.7. The monoisotopic (exact) mass is 254 g/mol. The van der Waals surface area contributed by atoms with Crippen molar-refractivity contribution in [3.63, 3.8) is 0 Å². The Morgan fingerprint density at radius 2 is 1.82 bits per heavy atom. The van der Waals surface area contributed by atoms with Crippen LogP contribution in [0.15, 0.2) is 0 Å². The third kappa shape index (κ3) is 4.16. The molecule has 1 heterocycles. The van der Waals surface area contributed by atoms with E-state index in [9.17, 15) is 20.1 Å². The fourth-order valence-electron chi connectivity index (χ4n) is 1.49. The molecule has 1 fully saturated rings. The van der Waals surface area contributed by atoms with Gasteiger partial charge in [0, 0.05) is 6.92 Å². The van der Waals surface area contributed by atoms with Gasteiger partial charge in [0.1, 0.15) is 24.4 Å². The molecular weight excluding hydrogens is 236 g/mol. The van der Waals surface area contributed by atoms with E-state index in [1.54, 1.807) is 0 Å². The molecule has 9 heteroatoms. The van der Waals surface area contributed by atoms with Crippen molar-refractivity contribution in [3.8, 4) is 0 Å². The maximum absolute atomic E-state index is 10.7. The highest BCUT2D eigenvalue weighted by atomic mass is 16.6. The number of aliphatic hydroxyl groups excluding tert-OH is 4. The molecule has 1 rings (SSSR count). The maximum atomic E-state index is 10.7. The van der Waals surface area contributed by atoms with Crippen LogP contribution < -0.4 is 11.2 Å². The van der Waals surface area contributed by atoms with E-state index in [-0.39, 0.29) is 0 Å². The van der Waals surface area contributed by atoms with E-state index in [0.29, 0.717) is 0 Å². The van der Waals surface area contributed by atoms with E-state index in [1.807, 2.05) is 0 Å². The number of hydrogen-bond acceptors (Lipinski definition) is 8. The van der Waals surface area contributed by atoms with Gasteiger partial charge in [0.05, 0.1) is 6.61 Å². The first-order chi connectivity index (χ1) is 7.97. The quantitative estimate of drug-likeness (QED) is 0.247. The Kier molecular flexibility index (Phi) is 7.15. The first-order valence-electron chi connectivity index (χ1n) is 4.80. The smallest absolute Gasteiger partial charge is 0.217 e. The summed E-state index contributed by atoms with van der Waals surface area (Å²) in [6.07, 6.45) is -5.24. The van der Waals surface area contributed by atoms with Crippen LogP contribution in [0.2, 0.25) is 0 Å². The number of nitrogens with one attached hydrogen (secondary N) is 1. The SMILES string of the molecule is CC(=O)N[C@H]1C(O)O[C@H](CO)[C@@H](O)[C@@H]1O.NO. The maximum Gasteiger partial charge on any atom is 0.217 e. The summed E-state index contributed by atoms with van der Waals surface area (Å²) in [5.74, 6) is 3.04. The van der Waals surface area contributed by atoms with Crippen molar-refractivity contribution in [2.45, 2.75) is 37.6 Å². The summed E-state index contributed by atoms with van der Waals surface area (Å²) >= 11 is 0. The van der Waals surface area contributed by atoms with E-state index in [0.717, 1.165) is 0 Å². The largest absolute Gasteiger partial charge is 0.394 e. The minimum atomic E-state index is -1.45. The van der Waals surface area contributed by atoms with Gasteiger partial charge in [0.15, 0.2) is 6.29 Å². The average Bonchev–Trinajstić information content (AvgIpc) is 2.31. The molecule has 17 heavy (non-hydrogen) atoms. The minimum Gasteiger partial charge on any atom is -0.394 e. The zero-order valence-electron chi connectivity index (χ0n) is 9.22. The molecule has 0 bridgehead atoms. The summed E-state index contributed by atoms with van der Waals surface area (Å²) in [5.41, 5.74) is 0. The lowest BCUT2D eigenvalue weighted by Gasteiger charge is -2.40. The van der Waals surface area contributed by atoms with Gasteiger partial charge >= 0.3 is 0 Å². The second kappa shape index (κ2) is 7.50. The van der Waals surface area contributed by atoms with E-state index < -0.39 is 43.2 Å². The first-order valence-corrected chi connectivity index (χ1v) is 4.80. The van der Waals surface area contributed by atoms with Crippen molar-refractivity contribution >= 4 is 5.91 Å². The highest BCUT2D eigenvalue weighted by Gasteiger charge is 2.43. The first kappa shape index (κ1) is 16.2. The van der Waals surface area contributed by atoms with Crippen LogP contribution in [0, 0.1) is 0 Å². The third-order valence-electron chi connectivity index (χ3n) is 2.27. The summed E-state index contributed by atoms with van der Waals surface area (Å²) in [6.45, 7) is 0.687.